The summed E-state index contributed by atoms with van der Waals surface area (Å²) in [5, 5.41) is 10.9. The van der Waals surface area contributed by atoms with E-state index in [1.165, 1.54) is 5.19 Å². The summed E-state index contributed by atoms with van der Waals surface area (Å²) in [5.74, 6) is 0.858. The SMILES string of the molecule is COc1cc([SiH](C)C)cc(C)c1O. The molecule has 13 heavy (non-hydrogen) atoms. The molecule has 0 bridgehead atoms. The van der Waals surface area contributed by atoms with Gasteiger partial charge in [0.2, 0.25) is 0 Å². The van der Waals surface area contributed by atoms with Crippen molar-refractivity contribution in [3.63, 3.8) is 0 Å². The van der Waals surface area contributed by atoms with Crippen molar-refractivity contribution in [3.8, 4) is 11.5 Å². The average molecular weight is 196 g/mol. The third-order valence-corrected chi connectivity index (χ3v) is 3.84. The van der Waals surface area contributed by atoms with Crippen LogP contribution in [0, 0.1) is 6.92 Å². The van der Waals surface area contributed by atoms with E-state index in [0.29, 0.717) is 5.75 Å². The molecule has 0 spiro atoms. The number of aromatic hydroxyl groups is 1. The van der Waals surface area contributed by atoms with Gasteiger partial charge in [-0.1, -0.05) is 24.3 Å². The molecule has 0 saturated heterocycles. The van der Waals surface area contributed by atoms with Crippen molar-refractivity contribution >= 4 is 14.0 Å². The van der Waals surface area contributed by atoms with Crippen molar-refractivity contribution in [1.29, 1.82) is 0 Å². The number of benzene rings is 1. The number of phenolic OH excluding ortho intramolecular Hbond substituents is 1. The van der Waals surface area contributed by atoms with Crippen molar-refractivity contribution in [2.75, 3.05) is 7.11 Å². The van der Waals surface area contributed by atoms with E-state index in [4.69, 9.17) is 4.74 Å². The normalized spacial score (nSPS) is 10.5. The van der Waals surface area contributed by atoms with Gasteiger partial charge in [-0.3, -0.25) is 0 Å². The lowest BCUT2D eigenvalue weighted by molar-refractivity contribution is 0.372. The Labute approximate surface area is 80.8 Å². The largest absolute Gasteiger partial charge is 0.504 e. The molecule has 1 aromatic rings. The first-order valence-corrected chi connectivity index (χ1v) is 7.32. The number of methoxy groups -OCH3 is 1. The Hall–Kier alpha value is -0.963. The minimum absolute atomic E-state index is 0.265. The summed E-state index contributed by atoms with van der Waals surface area (Å²) in [6.07, 6.45) is 0. The summed E-state index contributed by atoms with van der Waals surface area (Å²) in [5.41, 5.74) is 0.899. The van der Waals surface area contributed by atoms with Crippen molar-refractivity contribution in [2.45, 2.75) is 20.0 Å². The Morgan fingerprint density at radius 1 is 1.31 bits per heavy atom. The minimum atomic E-state index is -0.811. The standard InChI is InChI=1S/C10H16O2Si/c1-7-5-8(13(3)4)6-9(12-2)10(7)11/h5-6,11,13H,1-4H3. The minimum Gasteiger partial charge on any atom is -0.504 e. The van der Waals surface area contributed by atoms with Crippen LogP contribution in [0.25, 0.3) is 0 Å². The molecule has 3 heteroatoms. The zero-order valence-electron chi connectivity index (χ0n) is 8.59. The van der Waals surface area contributed by atoms with Crippen LogP contribution in [0.5, 0.6) is 11.5 Å². The van der Waals surface area contributed by atoms with E-state index in [0.717, 1.165) is 5.56 Å². The molecule has 0 atom stereocenters. The molecule has 0 aliphatic carbocycles. The Bertz CT molecular complexity index is 308. The quantitative estimate of drug-likeness (QED) is 0.725. The van der Waals surface area contributed by atoms with Crippen LogP contribution < -0.4 is 9.92 Å². The lowest BCUT2D eigenvalue weighted by Gasteiger charge is -2.11. The summed E-state index contributed by atoms with van der Waals surface area (Å²) in [6, 6.07) is 3.99. The second-order valence-electron chi connectivity index (χ2n) is 3.54. The van der Waals surface area contributed by atoms with Crippen LogP contribution in [-0.2, 0) is 0 Å². The maximum absolute atomic E-state index is 9.59. The highest BCUT2D eigenvalue weighted by molar-refractivity contribution is 6.70. The number of ether oxygens (including phenoxy) is 1. The van der Waals surface area contributed by atoms with Crippen molar-refractivity contribution in [3.05, 3.63) is 17.7 Å². The first-order chi connectivity index (χ1) is 6.06. The summed E-state index contributed by atoms with van der Waals surface area (Å²) in [6.45, 7) is 6.41. The van der Waals surface area contributed by atoms with Gasteiger partial charge in [-0.25, -0.2) is 0 Å². The van der Waals surface area contributed by atoms with Gasteiger partial charge in [-0.15, -0.1) is 0 Å². The third-order valence-electron chi connectivity index (χ3n) is 2.17. The topological polar surface area (TPSA) is 29.5 Å². The van der Waals surface area contributed by atoms with Gasteiger partial charge >= 0.3 is 0 Å². The molecule has 0 radical (unpaired) electrons. The second-order valence-corrected chi connectivity index (χ2v) is 6.52. The lowest BCUT2D eigenvalue weighted by Crippen LogP contribution is -2.22. The molecule has 0 saturated carbocycles. The molecule has 1 aromatic carbocycles. The van der Waals surface area contributed by atoms with Gasteiger partial charge in [0.25, 0.3) is 0 Å². The number of phenols is 1. The van der Waals surface area contributed by atoms with E-state index in [9.17, 15) is 5.11 Å². The molecule has 0 aliphatic heterocycles. The molecule has 0 aliphatic rings. The van der Waals surface area contributed by atoms with Crippen LogP contribution in [-0.4, -0.2) is 21.0 Å². The molecule has 0 unspecified atom stereocenters. The number of aryl methyl sites for hydroxylation is 1. The molecule has 1 N–H and O–H groups in total. The fraction of sp³-hybridized carbons (Fsp3) is 0.400. The smallest absolute Gasteiger partial charge is 0.160 e. The van der Waals surface area contributed by atoms with Gasteiger partial charge in [0.15, 0.2) is 11.5 Å². The Kier molecular flexibility index (Phi) is 2.98. The molecule has 0 aromatic heterocycles. The number of hydrogen-bond donors (Lipinski definition) is 1. The van der Waals surface area contributed by atoms with Crippen molar-refractivity contribution in [1.82, 2.24) is 0 Å². The molecule has 0 amide bonds. The summed E-state index contributed by atoms with van der Waals surface area (Å²) in [7, 11) is 0.773. The first-order valence-electron chi connectivity index (χ1n) is 4.43. The third kappa shape index (κ3) is 2.04. The van der Waals surface area contributed by atoms with Crippen LogP contribution in [0.15, 0.2) is 12.1 Å². The second kappa shape index (κ2) is 3.83. The predicted molar refractivity (Wildman–Crippen MR) is 57.9 cm³/mol. The van der Waals surface area contributed by atoms with Crippen LogP contribution in [0.4, 0.5) is 0 Å². The van der Waals surface area contributed by atoms with E-state index >= 15 is 0 Å². The van der Waals surface area contributed by atoms with Crippen molar-refractivity contribution in [2.24, 2.45) is 0 Å². The molecule has 0 fully saturated rings. The zero-order valence-corrected chi connectivity index (χ0v) is 9.74. The van der Waals surface area contributed by atoms with Crippen LogP contribution in [0.2, 0.25) is 13.1 Å². The fourth-order valence-corrected chi connectivity index (χ4v) is 2.33. The van der Waals surface area contributed by atoms with E-state index in [2.05, 4.69) is 19.2 Å². The van der Waals surface area contributed by atoms with Gasteiger partial charge in [-0.2, -0.15) is 0 Å². The van der Waals surface area contributed by atoms with Gasteiger partial charge in [0.1, 0.15) is 0 Å². The summed E-state index contributed by atoms with van der Waals surface area (Å²) < 4.78 is 5.09. The maximum atomic E-state index is 9.59. The maximum Gasteiger partial charge on any atom is 0.160 e. The van der Waals surface area contributed by atoms with Gasteiger partial charge in [0.05, 0.1) is 15.9 Å². The monoisotopic (exact) mass is 196 g/mol. The summed E-state index contributed by atoms with van der Waals surface area (Å²) >= 11 is 0. The van der Waals surface area contributed by atoms with Crippen LogP contribution in [0.3, 0.4) is 0 Å². The number of rotatable bonds is 2. The zero-order chi connectivity index (χ0) is 10.0. The highest BCUT2D eigenvalue weighted by Gasteiger charge is 2.09. The van der Waals surface area contributed by atoms with Crippen LogP contribution in [0.1, 0.15) is 5.56 Å². The Morgan fingerprint density at radius 2 is 1.92 bits per heavy atom. The number of hydrogen-bond acceptors (Lipinski definition) is 2. The summed E-state index contributed by atoms with van der Waals surface area (Å²) in [4.78, 5) is 0. The Balaban J connectivity index is 3.22. The Morgan fingerprint density at radius 3 is 2.38 bits per heavy atom. The molecule has 0 heterocycles. The van der Waals surface area contributed by atoms with Crippen LogP contribution >= 0.6 is 0 Å². The molecule has 72 valence electrons. The first kappa shape index (κ1) is 10.1. The van der Waals surface area contributed by atoms with E-state index < -0.39 is 8.80 Å². The highest BCUT2D eigenvalue weighted by Crippen LogP contribution is 2.27. The van der Waals surface area contributed by atoms with E-state index in [1.54, 1.807) is 7.11 Å². The van der Waals surface area contributed by atoms with E-state index in [-0.39, 0.29) is 5.75 Å². The van der Waals surface area contributed by atoms with E-state index in [1.807, 2.05) is 13.0 Å². The molecule has 1 rings (SSSR count). The van der Waals surface area contributed by atoms with Crippen molar-refractivity contribution < 1.29 is 9.84 Å². The fourth-order valence-electron chi connectivity index (χ4n) is 1.26. The molecular formula is C10H16O2Si. The predicted octanol–water partition coefficient (Wildman–Crippen LogP) is 1.40. The van der Waals surface area contributed by atoms with Gasteiger partial charge < -0.3 is 9.84 Å². The van der Waals surface area contributed by atoms with Gasteiger partial charge in [-0.05, 0) is 18.6 Å². The van der Waals surface area contributed by atoms with Gasteiger partial charge in [0, 0.05) is 0 Å². The molecule has 2 nitrogen and oxygen atoms in total. The average Bonchev–Trinajstić information content (AvgIpc) is 2.09. The molecular weight excluding hydrogens is 180 g/mol. The lowest BCUT2D eigenvalue weighted by atomic mass is 10.2. The highest BCUT2D eigenvalue weighted by atomic mass is 28.3.